The number of furan rings is 1. The first kappa shape index (κ1) is 30.3. The molecule has 5 nitrogen and oxygen atoms in total. The van der Waals surface area contributed by atoms with Crippen LogP contribution in [-0.2, 0) is 0 Å². The van der Waals surface area contributed by atoms with Crippen molar-refractivity contribution in [1.82, 2.24) is 19.5 Å². The van der Waals surface area contributed by atoms with Gasteiger partial charge in [0.25, 0.3) is 0 Å². The van der Waals surface area contributed by atoms with Crippen LogP contribution in [0.3, 0.4) is 0 Å². The summed E-state index contributed by atoms with van der Waals surface area (Å²) in [6, 6.07) is 59.5. The molecule has 0 saturated heterocycles. The molecule has 4 heterocycles. The molecule has 4 aromatic heterocycles. The maximum atomic E-state index is 6.69. The number of hydrogen-bond acceptors (Lipinski definition) is 5. The predicted molar refractivity (Wildman–Crippen MR) is 228 cm³/mol. The Hall–Kier alpha value is -7.15. The zero-order valence-electron chi connectivity index (χ0n) is 29.3. The lowest BCUT2D eigenvalue weighted by Crippen LogP contribution is -2.01. The van der Waals surface area contributed by atoms with E-state index in [0.717, 1.165) is 71.5 Å². The standard InChI is InChI=1S/C49H28N4OS/c1-3-13-29(14-4-1)47-50-48(30-15-5-2-6-16-30)52-49(51-47)40-28-39-35-19-9-12-22-43(35)55-46(39)38-27-31(23-24-32(38)40)53-41-20-10-7-17-33(41)36-25-26-37-34-18-8-11-21-42(34)54-45(37)44(36)53/h1-28H. The lowest BCUT2D eigenvalue weighted by atomic mass is 9.99. The number of benzene rings is 8. The monoisotopic (exact) mass is 720 g/mol. The molecule has 0 unspecified atom stereocenters. The molecule has 0 amide bonds. The number of aromatic nitrogens is 4. The zero-order valence-corrected chi connectivity index (χ0v) is 30.1. The highest BCUT2D eigenvalue weighted by molar-refractivity contribution is 7.26. The highest BCUT2D eigenvalue weighted by atomic mass is 32.1. The van der Waals surface area contributed by atoms with Gasteiger partial charge in [0.1, 0.15) is 5.58 Å². The SMILES string of the molecule is c1ccc(-c2nc(-c3ccccc3)nc(-c3cc4c5ccccc5sc4c4cc(-n5c6ccccc6c6ccc7c8ccccc8oc7c65)ccc34)n2)cc1. The zero-order chi connectivity index (χ0) is 36.0. The summed E-state index contributed by atoms with van der Waals surface area (Å²) in [7, 11) is 0. The minimum absolute atomic E-state index is 0.642. The van der Waals surface area contributed by atoms with E-state index in [-0.39, 0.29) is 0 Å². The van der Waals surface area contributed by atoms with Crippen molar-refractivity contribution in [2.75, 3.05) is 0 Å². The van der Waals surface area contributed by atoms with Crippen LogP contribution in [0.15, 0.2) is 174 Å². The van der Waals surface area contributed by atoms with Gasteiger partial charge in [0.05, 0.1) is 11.0 Å². The molecular weight excluding hydrogens is 693 g/mol. The van der Waals surface area contributed by atoms with Crippen LogP contribution in [-0.4, -0.2) is 19.5 Å². The molecule has 0 fully saturated rings. The number of rotatable bonds is 4. The summed E-state index contributed by atoms with van der Waals surface area (Å²) in [5.74, 6) is 1.93. The highest BCUT2D eigenvalue weighted by Gasteiger charge is 2.22. The van der Waals surface area contributed by atoms with Gasteiger partial charge < -0.3 is 8.98 Å². The van der Waals surface area contributed by atoms with Crippen LogP contribution in [0.4, 0.5) is 0 Å². The molecule has 12 rings (SSSR count). The van der Waals surface area contributed by atoms with E-state index in [0.29, 0.717) is 17.5 Å². The van der Waals surface area contributed by atoms with Crippen LogP contribution in [0.1, 0.15) is 0 Å². The molecule has 0 saturated carbocycles. The van der Waals surface area contributed by atoms with Crippen molar-refractivity contribution in [3.05, 3.63) is 170 Å². The summed E-state index contributed by atoms with van der Waals surface area (Å²) < 4.78 is 11.5. The first-order valence-electron chi connectivity index (χ1n) is 18.4. The van der Waals surface area contributed by atoms with Crippen LogP contribution in [0.5, 0.6) is 0 Å². The van der Waals surface area contributed by atoms with Gasteiger partial charge in [-0.3, -0.25) is 0 Å². The normalized spacial score (nSPS) is 12.0. The smallest absolute Gasteiger partial charge is 0.164 e. The van der Waals surface area contributed by atoms with Gasteiger partial charge in [0.15, 0.2) is 23.1 Å². The fraction of sp³-hybridized carbons (Fsp3) is 0. The molecule has 256 valence electrons. The third kappa shape index (κ3) is 4.55. The van der Waals surface area contributed by atoms with E-state index in [1.54, 1.807) is 0 Å². The highest BCUT2D eigenvalue weighted by Crippen LogP contribution is 2.45. The number of fused-ring (bicyclic) bond motifs is 12. The minimum Gasteiger partial charge on any atom is -0.454 e. The Balaban J connectivity index is 1.18. The first-order chi connectivity index (χ1) is 27.3. The van der Waals surface area contributed by atoms with Gasteiger partial charge in [0, 0.05) is 69.5 Å². The van der Waals surface area contributed by atoms with Crippen molar-refractivity contribution in [2.45, 2.75) is 0 Å². The van der Waals surface area contributed by atoms with E-state index in [1.807, 2.05) is 53.8 Å². The second-order valence-corrected chi connectivity index (χ2v) is 15.0. The number of thiophene rings is 1. The fourth-order valence-electron chi connectivity index (χ4n) is 8.34. The topological polar surface area (TPSA) is 56.7 Å². The molecule has 0 aliphatic heterocycles. The molecular formula is C49H28N4OS. The predicted octanol–water partition coefficient (Wildman–Crippen LogP) is 13.4. The maximum absolute atomic E-state index is 6.69. The van der Waals surface area contributed by atoms with Crippen molar-refractivity contribution in [3.8, 4) is 39.9 Å². The van der Waals surface area contributed by atoms with Gasteiger partial charge in [-0.25, -0.2) is 15.0 Å². The van der Waals surface area contributed by atoms with Gasteiger partial charge in [0.2, 0.25) is 0 Å². The Morgan fingerprint density at radius 3 is 1.82 bits per heavy atom. The molecule has 55 heavy (non-hydrogen) atoms. The summed E-state index contributed by atoms with van der Waals surface area (Å²) in [4.78, 5) is 15.4. The third-order valence-electron chi connectivity index (χ3n) is 10.8. The first-order valence-corrected chi connectivity index (χ1v) is 19.2. The van der Waals surface area contributed by atoms with Gasteiger partial charge in [-0.15, -0.1) is 11.3 Å². The lowest BCUT2D eigenvalue weighted by molar-refractivity contribution is 0.671. The number of hydrogen-bond donors (Lipinski definition) is 0. The molecule has 0 aliphatic carbocycles. The molecule has 0 radical (unpaired) electrons. The molecule has 0 spiro atoms. The Bertz CT molecular complexity index is 3430. The van der Waals surface area contributed by atoms with Crippen molar-refractivity contribution >= 4 is 86.0 Å². The van der Waals surface area contributed by atoms with Gasteiger partial charge in [-0.05, 0) is 47.9 Å². The van der Waals surface area contributed by atoms with Crippen LogP contribution in [0.2, 0.25) is 0 Å². The Labute approximate surface area is 318 Å². The average Bonchev–Trinajstić information content (AvgIpc) is 3.93. The van der Waals surface area contributed by atoms with E-state index in [2.05, 4.69) is 132 Å². The Morgan fingerprint density at radius 1 is 0.436 bits per heavy atom. The molecule has 12 aromatic rings. The molecule has 0 aliphatic rings. The van der Waals surface area contributed by atoms with Gasteiger partial charge >= 0.3 is 0 Å². The molecule has 6 heteroatoms. The van der Waals surface area contributed by atoms with Gasteiger partial charge in [-0.1, -0.05) is 127 Å². The van der Waals surface area contributed by atoms with E-state index in [9.17, 15) is 0 Å². The molecule has 0 atom stereocenters. The van der Waals surface area contributed by atoms with E-state index in [1.165, 1.54) is 25.6 Å². The van der Waals surface area contributed by atoms with Crippen molar-refractivity contribution < 1.29 is 4.42 Å². The van der Waals surface area contributed by atoms with Crippen molar-refractivity contribution in [1.29, 1.82) is 0 Å². The van der Waals surface area contributed by atoms with E-state index < -0.39 is 0 Å². The summed E-state index contributed by atoms with van der Waals surface area (Å²) in [5.41, 5.74) is 7.90. The molecule has 0 N–H and O–H groups in total. The van der Waals surface area contributed by atoms with Crippen LogP contribution < -0.4 is 0 Å². The van der Waals surface area contributed by atoms with E-state index >= 15 is 0 Å². The average molecular weight is 721 g/mol. The largest absolute Gasteiger partial charge is 0.454 e. The number of para-hydroxylation sites is 2. The fourth-order valence-corrected chi connectivity index (χ4v) is 9.55. The van der Waals surface area contributed by atoms with E-state index in [4.69, 9.17) is 19.4 Å². The Kier molecular flexibility index (Phi) is 6.44. The van der Waals surface area contributed by atoms with Crippen LogP contribution >= 0.6 is 11.3 Å². The summed E-state index contributed by atoms with van der Waals surface area (Å²) in [6.45, 7) is 0. The third-order valence-corrected chi connectivity index (χ3v) is 12.1. The lowest BCUT2D eigenvalue weighted by Gasteiger charge is -2.14. The molecule has 0 bridgehead atoms. The summed E-state index contributed by atoms with van der Waals surface area (Å²) in [5, 5.41) is 9.22. The van der Waals surface area contributed by atoms with Crippen molar-refractivity contribution in [2.24, 2.45) is 0 Å². The summed E-state index contributed by atoms with van der Waals surface area (Å²) in [6.07, 6.45) is 0. The second kappa shape index (κ2) is 11.7. The summed E-state index contributed by atoms with van der Waals surface area (Å²) >= 11 is 1.83. The number of nitrogens with zero attached hydrogens (tertiary/aromatic N) is 4. The van der Waals surface area contributed by atoms with Gasteiger partial charge in [-0.2, -0.15) is 0 Å². The quantitative estimate of drug-likeness (QED) is 0.182. The molecule has 8 aromatic carbocycles. The van der Waals surface area contributed by atoms with Crippen molar-refractivity contribution in [3.63, 3.8) is 0 Å². The Morgan fingerprint density at radius 2 is 1.04 bits per heavy atom. The van der Waals surface area contributed by atoms with Crippen LogP contribution in [0, 0.1) is 0 Å². The second-order valence-electron chi connectivity index (χ2n) is 14.0. The minimum atomic E-state index is 0.642. The van der Waals surface area contributed by atoms with Crippen LogP contribution in [0.25, 0.3) is 115 Å². The maximum Gasteiger partial charge on any atom is 0.164 e.